The van der Waals surface area contributed by atoms with Crippen LogP contribution >= 0.6 is 0 Å². The average Bonchev–Trinajstić information content (AvgIpc) is 2.25. The Kier molecular flexibility index (Phi) is 2.54. The van der Waals surface area contributed by atoms with Gasteiger partial charge in [-0.15, -0.1) is 0 Å². The van der Waals surface area contributed by atoms with E-state index in [4.69, 9.17) is 0 Å². The Bertz CT molecular complexity index is 295. The van der Waals surface area contributed by atoms with E-state index in [0.29, 0.717) is 0 Å². The van der Waals surface area contributed by atoms with E-state index in [-0.39, 0.29) is 17.9 Å². The second-order valence-electron chi connectivity index (χ2n) is 4.71. The summed E-state index contributed by atoms with van der Waals surface area (Å²) < 4.78 is 0. The largest absolute Gasteiger partial charge is 0.292 e. The number of carbonyl (C=O) groups excluding carboxylic acids is 2. The monoisotopic (exact) mass is 210 g/mol. The van der Waals surface area contributed by atoms with E-state index < -0.39 is 5.54 Å². The maximum atomic E-state index is 12.1. The minimum atomic E-state index is -0.444. The molecule has 0 aromatic rings. The van der Waals surface area contributed by atoms with Gasteiger partial charge in [0.2, 0.25) is 11.8 Å². The van der Waals surface area contributed by atoms with Gasteiger partial charge in [0.05, 0.1) is 11.6 Å². The maximum absolute atomic E-state index is 12.1. The van der Waals surface area contributed by atoms with Crippen LogP contribution in [-0.2, 0) is 9.59 Å². The van der Waals surface area contributed by atoms with Crippen molar-refractivity contribution < 1.29 is 9.59 Å². The van der Waals surface area contributed by atoms with Gasteiger partial charge in [0.15, 0.2) is 0 Å². The number of piperazine rings is 1. The standard InChI is InChI=1S/C11H18N2O2/c1-8-9(14)13(2)10(15)11(12-8)6-4-3-5-7-11/h8,12H,3-7H2,1-2H3/t8-/m0/s1. The summed E-state index contributed by atoms with van der Waals surface area (Å²) in [7, 11) is 1.60. The molecule has 1 saturated carbocycles. The van der Waals surface area contributed by atoms with Crippen molar-refractivity contribution in [2.75, 3.05) is 7.05 Å². The van der Waals surface area contributed by atoms with Gasteiger partial charge in [-0.1, -0.05) is 19.3 Å². The number of amides is 2. The molecule has 1 saturated heterocycles. The van der Waals surface area contributed by atoms with Crippen LogP contribution in [0.5, 0.6) is 0 Å². The van der Waals surface area contributed by atoms with Gasteiger partial charge in [0.25, 0.3) is 0 Å². The Hall–Kier alpha value is -0.900. The van der Waals surface area contributed by atoms with E-state index in [0.717, 1.165) is 25.7 Å². The second kappa shape index (κ2) is 3.59. The molecule has 2 fully saturated rings. The maximum Gasteiger partial charge on any atom is 0.249 e. The summed E-state index contributed by atoms with van der Waals surface area (Å²) in [5.41, 5.74) is -0.444. The van der Waals surface area contributed by atoms with Crippen LogP contribution in [0, 0.1) is 0 Å². The summed E-state index contributed by atoms with van der Waals surface area (Å²) >= 11 is 0. The molecular formula is C11H18N2O2. The van der Waals surface area contributed by atoms with Crippen LogP contribution in [0.15, 0.2) is 0 Å². The highest BCUT2D eigenvalue weighted by Crippen LogP contribution is 2.32. The first-order valence-corrected chi connectivity index (χ1v) is 5.66. The van der Waals surface area contributed by atoms with Gasteiger partial charge in [-0.25, -0.2) is 0 Å². The van der Waals surface area contributed by atoms with Crippen molar-refractivity contribution in [2.45, 2.75) is 50.6 Å². The summed E-state index contributed by atoms with van der Waals surface area (Å²) in [6, 6.07) is -0.231. The van der Waals surface area contributed by atoms with E-state index in [1.807, 2.05) is 6.92 Å². The summed E-state index contributed by atoms with van der Waals surface area (Å²) in [6.45, 7) is 1.83. The minimum Gasteiger partial charge on any atom is -0.292 e. The lowest BCUT2D eigenvalue weighted by atomic mass is 9.78. The molecule has 4 nitrogen and oxygen atoms in total. The Labute approximate surface area is 90.0 Å². The number of rotatable bonds is 0. The van der Waals surface area contributed by atoms with Crippen molar-refractivity contribution in [3.05, 3.63) is 0 Å². The third kappa shape index (κ3) is 1.57. The average molecular weight is 210 g/mol. The predicted molar refractivity (Wildman–Crippen MR) is 56.2 cm³/mol. The van der Waals surface area contributed by atoms with Crippen molar-refractivity contribution in [1.82, 2.24) is 10.2 Å². The van der Waals surface area contributed by atoms with E-state index >= 15 is 0 Å². The summed E-state index contributed by atoms with van der Waals surface area (Å²) in [4.78, 5) is 25.0. The van der Waals surface area contributed by atoms with Gasteiger partial charge in [-0.05, 0) is 19.8 Å². The molecule has 2 aliphatic rings. The molecule has 1 atom stereocenters. The minimum absolute atomic E-state index is 0.0368. The van der Waals surface area contributed by atoms with Gasteiger partial charge < -0.3 is 0 Å². The van der Waals surface area contributed by atoms with Gasteiger partial charge in [-0.3, -0.25) is 19.8 Å². The highest BCUT2D eigenvalue weighted by Gasteiger charge is 2.48. The van der Waals surface area contributed by atoms with E-state index in [1.54, 1.807) is 7.05 Å². The molecule has 84 valence electrons. The lowest BCUT2D eigenvalue weighted by molar-refractivity contribution is -0.155. The number of hydrogen-bond donors (Lipinski definition) is 1. The topological polar surface area (TPSA) is 49.4 Å². The van der Waals surface area contributed by atoms with Crippen LogP contribution in [-0.4, -0.2) is 35.3 Å². The summed E-state index contributed by atoms with van der Waals surface area (Å²) in [6.07, 6.45) is 5.09. The first-order chi connectivity index (χ1) is 7.07. The lowest BCUT2D eigenvalue weighted by Crippen LogP contribution is -2.69. The highest BCUT2D eigenvalue weighted by molar-refractivity contribution is 6.04. The number of imide groups is 1. The fourth-order valence-electron chi connectivity index (χ4n) is 2.76. The molecule has 0 bridgehead atoms. The molecular weight excluding hydrogens is 192 g/mol. The molecule has 0 aromatic carbocycles. The quantitative estimate of drug-likeness (QED) is 0.598. The van der Waals surface area contributed by atoms with Crippen LogP contribution in [0.25, 0.3) is 0 Å². The molecule has 0 aromatic heterocycles. The fraction of sp³-hybridized carbons (Fsp3) is 0.818. The molecule has 0 unspecified atom stereocenters. The number of nitrogens with one attached hydrogen (secondary N) is 1. The predicted octanol–water partition coefficient (Wildman–Crippen LogP) is 0.666. The lowest BCUT2D eigenvalue weighted by Gasteiger charge is -2.45. The van der Waals surface area contributed by atoms with Gasteiger partial charge >= 0.3 is 0 Å². The van der Waals surface area contributed by atoms with Gasteiger partial charge in [0, 0.05) is 7.05 Å². The van der Waals surface area contributed by atoms with Gasteiger partial charge in [0.1, 0.15) is 0 Å². The first kappa shape index (κ1) is 10.6. The fourth-order valence-corrected chi connectivity index (χ4v) is 2.76. The molecule has 1 heterocycles. The molecule has 1 spiro atoms. The summed E-state index contributed by atoms with van der Waals surface area (Å²) in [5.74, 6) is -0.151. The van der Waals surface area contributed by atoms with Crippen LogP contribution in [0.4, 0.5) is 0 Å². The van der Waals surface area contributed by atoms with Crippen molar-refractivity contribution in [1.29, 1.82) is 0 Å². The molecule has 2 amide bonds. The Balaban J connectivity index is 2.25. The van der Waals surface area contributed by atoms with E-state index in [2.05, 4.69) is 5.32 Å². The molecule has 2 rings (SSSR count). The third-order valence-corrected chi connectivity index (χ3v) is 3.61. The Morgan fingerprint density at radius 3 is 2.47 bits per heavy atom. The highest BCUT2D eigenvalue weighted by atomic mass is 16.2. The second-order valence-corrected chi connectivity index (χ2v) is 4.71. The molecule has 1 N–H and O–H groups in total. The summed E-state index contributed by atoms with van der Waals surface area (Å²) in [5, 5.41) is 3.22. The third-order valence-electron chi connectivity index (χ3n) is 3.61. The molecule has 1 aliphatic carbocycles. The van der Waals surface area contributed by atoms with Crippen molar-refractivity contribution >= 4 is 11.8 Å². The van der Waals surface area contributed by atoms with Crippen molar-refractivity contribution in [3.8, 4) is 0 Å². The Morgan fingerprint density at radius 2 is 1.87 bits per heavy atom. The van der Waals surface area contributed by atoms with Crippen LogP contribution in [0.2, 0.25) is 0 Å². The zero-order chi connectivity index (χ0) is 11.1. The van der Waals surface area contributed by atoms with Crippen molar-refractivity contribution in [3.63, 3.8) is 0 Å². The zero-order valence-corrected chi connectivity index (χ0v) is 9.38. The number of carbonyl (C=O) groups is 2. The van der Waals surface area contributed by atoms with Crippen LogP contribution in [0.1, 0.15) is 39.0 Å². The van der Waals surface area contributed by atoms with Crippen LogP contribution in [0.3, 0.4) is 0 Å². The Morgan fingerprint density at radius 1 is 1.27 bits per heavy atom. The molecule has 1 aliphatic heterocycles. The number of likely N-dealkylation sites (N-methyl/N-ethyl adjacent to an activating group) is 1. The smallest absolute Gasteiger partial charge is 0.249 e. The van der Waals surface area contributed by atoms with Gasteiger partial charge in [-0.2, -0.15) is 0 Å². The molecule has 0 radical (unpaired) electrons. The first-order valence-electron chi connectivity index (χ1n) is 5.66. The molecule has 4 heteroatoms. The van der Waals surface area contributed by atoms with E-state index in [9.17, 15) is 9.59 Å². The normalized spacial score (nSPS) is 31.1. The van der Waals surface area contributed by atoms with Crippen molar-refractivity contribution in [2.24, 2.45) is 0 Å². The molecule has 15 heavy (non-hydrogen) atoms. The number of nitrogens with zero attached hydrogens (tertiary/aromatic N) is 1. The van der Waals surface area contributed by atoms with Crippen LogP contribution < -0.4 is 5.32 Å². The number of hydrogen-bond acceptors (Lipinski definition) is 3. The SMILES string of the molecule is C[C@@H]1NC2(CCCCC2)C(=O)N(C)C1=O. The van der Waals surface area contributed by atoms with E-state index in [1.165, 1.54) is 11.3 Å². The zero-order valence-electron chi connectivity index (χ0n) is 9.38.